The normalized spacial score (nSPS) is 10.6. The van der Waals surface area contributed by atoms with Crippen molar-refractivity contribution in [2.45, 2.75) is 5.16 Å². The number of tetrazole rings is 1. The molecule has 1 aromatic heterocycles. The summed E-state index contributed by atoms with van der Waals surface area (Å²) in [7, 11) is 3.30. The number of thioether (sulfide) groups is 1. The Morgan fingerprint density at radius 1 is 1.28 bits per heavy atom. The van der Waals surface area contributed by atoms with Gasteiger partial charge in [-0.2, -0.15) is 4.68 Å². The molecule has 96 valence electrons. The van der Waals surface area contributed by atoms with Gasteiger partial charge >= 0.3 is 0 Å². The predicted octanol–water partition coefficient (Wildman–Crippen LogP) is 1.41. The first-order valence-corrected chi connectivity index (χ1v) is 6.39. The van der Waals surface area contributed by atoms with Crippen LogP contribution in [0.4, 0.5) is 0 Å². The van der Waals surface area contributed by atoms with Gasteiger partial charge in [0.05, 0.1) is 13.7 Å². The molecule has 0 unspecified atom stereocenters. The highest BCUT2D eigenvalue weighted by Crippen LogP contribution is 2.25. The van der Waals surface area contributed by atoms with Crippen molar-refractivity contribution >= 4 is 11.8 Å². The summed E-state index contributed by atoms with van der Waals surface area (Å²) < 4.78 is 12.0. The summed E-state index contributed by atoms with van der Waals surface area (Å²) in [5, 5.41) is 12.4. The summed E-state index contributed by atoms with van der Waals surface area (Å²) in [5.74, 6) is 1.53. The number of ether oxygens (including phenoxy) is 2. The second-order valence-electron chi connectivity index (χ2n) is 3.39. The van der Waals surface area contributed by atoms with Crippen molar-refractivity contribution in [1.29, 1.82) is 0 Å². The average Bonchev–Trinajstić information content (AvgIpc) is 2.87. The zero-order valence-electron chi connectivity index (χ0n) is 10.2. The minimum absolute atomic E-state index is 0.656. The number of benzene rings is 1. The summed E-state index contributed by atoms with van der Waals surface area (Å²) in [6.07, 6.45) is 0. The monoisotopic (exact) mass is 266 g/mol. The van der Waals surface area contributed by atoms with E-state index in [4.69, 9.17) is 9.47 Å². The van der Waals surface area contributed by atoms with Gasteiger partial charge in [-0.05, 0) is 22.6 Å². The molecule has 2 rings (SSSR count). The Labute approximate surface area is 109 Å². The molecule has 0 radical (unpaired) electrons. The Hall–Kier alpha value is -1.60. The molecule has 1 heterocycles. The molecule has 0 saturated carbocycles. The van der Waals surface area contributed by atoms with Crippen molar-refractivity contribution in [1.82, 2.24) is 20.2 Å². The van der Waals surface area contributed by atoms with E-state index in [2.05, 4.69) is 15.5 Å². The molecule has 0 aliphatic heterocycles. The molecule has 0 fully saturated rings. The standard InChI is InChI=1S/C11H14N4O2S/c1-16-7-8-18-11-12-13-14-15(11)9-5-3-4-6-10(9)17-2/h3-6H,7-8H2,1-2H3. The van der Waals surface area contributed by atoms with Crippen molar-refractivity contribution in [3.05, 3.63) is 24.3 Å². The minimum Gasteiger partial charge on any atom is -0.494 e. The second-order valence-corrected chi connectivity index (χ2v) is 4.45. The minimum atomic E-state index is 0.656. The molecule has 7 heteroatoms. The van der Waals surface area contributed by atoms with E-state index in [1.807, 2.05) is 24.3 Å². The van der Waals surface area contributed by atoms with E-state index in [-0.39, 0.29) is 0 Å². The molecule has 0 amide bonds. The Balaban J connectivity index is 2.25. The van der Waals surface area contributed by atoms with Gasteiger partial charge in [-0.15, -0.1) is 5.10 Å². The van der Waals surface area contributed by atoms with Crippen LogP contribution in [-0.2, 0) is 4.74 Å². The van der Waals surface area contributed by atoms with Gasteiger partial charge in [0.2, 0.25) is 5.16 Å². The van der Waals surface area contributed by atoms with Crippen LogP contribution in [0.25, 0.3) is 5.69 Å². The largest absolute Gasteiger partial charge is 0.494 e. The summed E-state index contributed by atoms with van der Waals surface area (Å²) in [6.45, 7) is 0.656. The highest BCUT2D eigenvalue weighted by molar-refractivity contribution is 7.99. The van der Waals surface area contributed by atoms with Gasteiger partial charge < -0.3 is 9.47 Å². The lowest BCUT2D eigenvalue weighted by Gasteiger charge is -2.08. The lowest BCUT2D eigenvalue weighted by Crippen LogP contribution is -2.02. The third-order valence-corrected chi connectivity index (χ3v) is 3.16. The topological polar surface area (TPSA) is 62.1 Å². The van der Waals surface area contributed by atoms with Crippen molar-refractivity contribution in [3.63, 3.8) is 0 Å². The Kier molecular flexibility index (Phi) is 4.54. The first kappa shape index (κ1) is 12.8. The fourth-order valence-electron chi connectivity index (χ4n) is 1.44. The zero-order chi connectivity index (χ0) is 12.8. The fourth-order valence-corrected chi connectivity index (χ4v) is 2.23. The van der Waals surface area contributed by atoms with Crippen molar-refractivity contribution in [3.8, 4) is 11.4 Å². The van der Waals surface area contributed by atoms with Crippen LogP contribution in [0.5, 0.6) is 5.75 Å². The Morgan fingerprint density at radius 2 is 2.11 bits per heavy atom. The van der Waals surface area contributed by atoms with Crippen molar-refractivity contribution in [2.24, 2.45) is 0 Å². The van der Waals surface area contributed by atoms with Crippen LogP contribution in [0.2, 0.25) is 0 Å². The van der Waals surface area contributed by atoms with Gasteiger partial charge in [-0.3, -0.25) is 0 Å². The second kappa shape index (κ2) is 6.36. The van der Waals surface area contributed by atoms with E-state index >= 15 is 0 Å². The zero-order valence-corrected chi connectivity index (χ0v) is 11.1. The van der Waals surface area contributed by atoms with E-state index in [1.54, 1.807) is 18.9 Å². The number of hydrogen-bond acceptors (Lipinski definition) is 6. The maximum atomic E-state index is 5.30. The number of nitrogens with zero attached hydrogens (tertiary/aromatic N) is 4. The van der Waals surface area contributed by atoms with Crippen LogP contribution in [0.1, 0.15) is 0 Å². The van der Waals surface area contributed by atoms with Gasteiger partial charge in [0, 0.05) is 12.9 Å². The van der Waals surface area contributed by atoms with E-state index in [1.165, 1.54) is 11.8 Å². The van der Waals surface area contributed by atoms with Gasteiger partial charge in [0.25, 0.3) is 0 Å². The van der Waals surface area contributed by atoms with Gasteiger partial charge in [0.1, 0.15) is 11.4 Å². The van der Waals surface area contributed by atoms with E-state index < -0.39 is 0 Å². The molecule has 0 bridgehead atoms. The van der Waals surface area contributed by atoms with Gasteiger partial charge in [-0.25, -0.2) is 0 Å². The number of aromatic nitrogens is 4. The molecule has 18 heavy (non-hydrogen) atoms. The summed E-state index contributed by atoms with van der Waals surface area (Å²) in [6, 6.07) is 7.61. The molecule has 0 aliphatic carbocycles. The number of para-hydroxylation sites is 2. The lowest BCUT2D eigenvalue weighted by atomic mass is 10.3. The number of rotatable bonds is 6. The van der Waals surface area contributed by atoms with Gasteiger partial charge in [0.15, 0.2) is 0 Å². The van der Waals surface area contributed by atoms with Crippen LogP contribution in [-0.4, -0.2) is 46.8 Å². The lowest BCUT2D eigenvalue weighted by molar-refractivity contribution is 0.218. The van der Waals surface area contributed by atoms with Crippen molar-refractivity contribution < 1.29 is 9.47 Å². The SMILES string of the molecule is COCCSc1nnnn1-c1ccccc1OC. The average molecular weight is 266 g/mol. The molecule has 0 spiro atoms. The molecule has 0 saturated heterocycles. The van der Waals surface area contributed by atoms with Crippen molar-refractivity contribution in [2.75, 3.05) is 26.6 Å². The van der Waals surface area contributed by atoms with Crippen LogP contribution in [0.15, 0.2) is 29.4 Å². The third kappa shape index (κ3) is 2.80. The van der Waals surface area contributed by atoms with E-state index in [0.29, 0.717) is 6.61 Å². The Morgan fingerprint density at radius 3 is 2.89 bits per heavy atom. The molecule has 0 N–H and O–H groups in total. The van der Waals surface area contributed by atoms with Crippen LogP contribution >= 0.6 is 11.8 Å². The summed E-state index contributed by atoms with van der Waals surface area (Å²) in [4.78, 5) is 0. The summed E-state index contributed by atoms with van der Waals surface area (Å²) in [5.41, 5.74) is 0.824. The molecule has 2 aromatic rings. The highest BCUT2D eigenvalue weighted by Gasteiger charge is 2.12. The van der Waals surface area contributed by atoms with E-state index in [9.17, 15) is 0 Å². The molecule has 1 aromatic carbocycles. The first-order valence-electron chi connectivity index (χ1n) is 5.40. The van der Waals surface area contributed by atoms with Crippen LogP contribution in [0, 0.1) is 0 Å². The first-order chi connectivity index (χ1) is 8.86. The molecule has 0 aliphatic rings. The Bertz CT molecular complexity index is 503. The van der Waals surface area contributed by atoms with Crippen LogP contribution in [0.3, 0.4) is 0 Å². The van der Waals surface area contributed by atoms with Crippen LogP contribution < -0.4 is 4.74 Å². The maximum absolute atomic E-state index is 5.30. The summed E-state index contributed by atoms with van der Waals surface area (Å²) >= 11 is 1.54. The third-order valence-electron chi connectivity index (χ3n) is 2.27. The van der Waals surface area contributed by atoms with Gasteiger partial charge in [-0.1, -0.05) is 23.9 Å². The number of methoxy groups -OCH3 is 2. The smallest absolute Gasteiger partial charge is 0.214 e. The molecule has 0 atom stereocenters. The quantitative estimate of drug-likeness (QED) is 0.582. The van der Waals surface area contributed by atoms with E-state index in [0.717, 1.165) is 22.3 Å². The number of hydrogen-bond donors (Lipinski definition) is 0. The fraction of sp³-hybridized carbons (Fsp3) is 0.364. The molecular weight excluding hydrogens is 252 g/mol. The highest BCUT2D eigenvalue weighted by atomic mass is 32.2. The molecule has 6 nitrogen and oxygen atoms in total. The maximum Gasteiger partial charge on any atom is 0.214 e. The predicted molar refractivity (Wildman–Crippen MR) is 68.3 cm³/mol. The molecular formula is C11H14N4O2S.